The van der Waals surface area contributed by atoms with Crippen molar-refractivity contribution in [1.29, 1.82) is 0 Å². The van der Waals surface area contributed by atoms with Crippen LogP contribution in [0.1, 0.15) is 77.6 Å². The predicted molar refractivity (Wildman–Crippen MR) is 98.2 cm³/mol. The minimum atomic E-state index is 0. The lowest BCUT2D eigenvalue weighted by Crippen LogP contribution is -2.22. The van der Waals surface area contributed by atoms with Gasteiger partial charge in [0.25, 0.3) is 0 Å². The van der Waals surface area contributed by atoms with Crippen molar-refractivity contribution in [3.63, 3.8) is 0 Å². The average molecular weight is 351 g/mol. The Balaban J connectivity index is 0. The van der Waals surface area contributed by atoms with Gasteiger partial charge in [0.05, 0.1) is 0 Å². The van der Waals surface area contributed by atoms with E-state index < -0.39 is 0 Å². The van der Waals surface area contributed by atoms with Crippen LogP contribution in [0, 0.1) is 0 Å². The zero-order valence-electron chi connectivity index (χ0n) is 14.3. The number of hydrogen-bond acceptors (Lipinski definition) is 2. The molecule has 0 aliphatic carbocycles. The fourth-order valence-corrected chi connectivity index (χ4v) is 2.38. The van der Waals surface area contributed by atoms with Crippen LogP contribution in [0.4, 0.5) is 0 Å². The standard InChI is InChI=1S/C17H38N2.BrH/c1-4-5-6-7-8-9-10-11-12-13-15-18-16-14-17-19(2)3;/h18H,4-17H2,1-3H3;1H. The summed E-state index contributed by atoms with van der Waals surface area (Å²) in [5, 5.41) is 3.54. The quantitative estimate of drug-likeness (QED) is 0.417. The molecule has 0 unspecified atom stereocenters. The van der Waals surface area contributed by atoms with E-state index in [-0.39, 0.29) is 17.0 Å². The highest BCUT2D eigenvalue weighted by atomic mass is 79.9. The normalized spacial score (nSPS) is 10.8. The summed E-state index contributed by atoms with van der Waals surface area (Å²) in [6.07, 6.45) is 15.6. The van der Waals surface area contributed by atoms with E-state index in [1.807, 2.05) is 0 Å². The molecule has 1 N–H and O–H groups in total. The fraction of sp³-hybridized carbons (Fsp3) is 1.00. The molecule has 0 aromatic rings. The van der Waals surface area contributed by atoms with Gasteiger partial charge in [-0.2, -0.15) is 0 Å². The Labute approximate surface area is 138 Å². The molecule has 20 heavy (non-hydrogen) atoms. The van der Waals surface area contributed by atoms with Gasteiger partial charge in [-0.1, -0.05) is 64.7 Å². The summed E-state index contributed by atoms with van der Waals surface area (Å²) in [6, 6.07) is 0. The van der Waals surface area contributed by atoms with Crippen molar-refractivity contribution in [2.45, 2.75) is 77.6 Å². The van der Waals surface area contributed by atoms with Gasteiger partial charge in [0, 0.05) is 0 Å². The van der Waals surface area contributed by atoms with Gasteiger partial charge in [0.1, 0.15) is 0 Å². The zero-order valence-corrected chi connectivity index (χ0v) is 16.0. The molecule has 0 fully saturated rings. The number of halogens is 1. The molecule has 0 aliphatic heterocycles. The first-order valence-corrected chi connectivity index (χ1v) is 8.62. The van der Waals surface area contributed by atoms with Crippen LogP contribution in [-0.4, -0.2) is 38.6 Å². The van der Waals surface area contributed by atoms with Crippen molar-refractivity contribution in [3.8, 4) is 0 Å². The molecule has 0 spiro atoms. The fourth-order valence-electron chi connectivity index (χ4n) is 2.38. The maximum absolute atomic E-state index is 3.54. The van der Waals surface area contributed by atoms with E-state index in [4.69, 9.17) is 0 Å². The number of rotatable bonds is 15. The van der Waals surface area contributed by atoms with Crippen LogP contribution in [0.3, 0.4) is 0 Å². The molecule has 0 saturated heterocycles. The van der Waals surface area contributed by atoms with E-state index in [0.29, 0.717) is 0 Å². The SMILES string of the molecule is Br.CCCCCCCCCCCCNCCCN(C)C. The largest absolute Gasteiger partial charge is 0.317 e. The molecule has 0 saturated carbocycles. The van der Waals surface area contributed by atoms with Crippen molar-refractivity contribution in [2.24, 2.45) is 0 Å². The molecule has 0 heterocycles. The van der Waals surface area contributed by atoms with Crippen LogP contribution in [0.15, 0.2) is 0 Å². The Morgan fingerprint density at radius 1 is 0.650 bits per heavy atom. The summed E-state index contributed by atoms with van der Waals surface area (Å²) in [4.78, 5) is 2.25. The molecular formula is C17H39BrN2. The maximum atomic E-state index is 3.54. The smallest absolute Gasteiger partial charge is 0.00127 e. The van der Waals surface area contributed by atoms with Crippen LogP contribution in [0.2, 0.25) is 0 Å². The van der Waals surface area contributed by atoms with Gasteiger partial charge in [-0.15, -0.1) is 17.0 Å². The average Bonchev–Trinajstić information content (AvgIpc) is 2.39. The molecule has 0 aromatic heterocycles. The van der Waals surface area contributed by atoms with Gasteiger partial charge in [-0.05, 0) is 46.6 Å². The van der Waals surface area contributed by atoms with Gasteiger partial charge >= 0.3 is 0 Å². The van der Waals surface area contributed by atoms with E-state index in [1.165, 1.54) is 90.3 Å². The predicted octanol–water partition coefficient (Wildman–Crippen LogP) is 5.03. The molecular weight excluding hydrogens is 312 g/mol. The summed E-state index contributed by atoms with van der Waals surface area (Å²) in [6.45, 7) is 5.87. The third kappa shape index (κ3) is 20.7. The van der Waals surface area contributed by atoms with Crippen molar-refractivity contribution in [2.75, 3.05) is 33.7 Å². The number of unbranched alkanes of at least 4 members (excludes halogenated alkanes) is 9. The Morgan fingerprint density at radius 2 is 1.10 bits per heavy atom. The summed E-state index contributed by atoms with van der Waals surface area (Å²) in [5.74, 6) is 0. The molecule has 0 aliphatic rings. The van der Waals surface area contributed by atoms with E-state index >= 15 is 0 Å². The second kappa shape index (κ2) is 19.4. The zero-order chi connectivity index (χ0) is 14.2. The Hall–Kier alpha value is 0.400. The summed E-state index contributed by atoms with van der Waals surface area (Å²) in [5.41, 5.74) is 0. The first-order chi connectivity index (χ1) is 9.27. The molecule has 0 amide bonds. The van der Waals surface area contributed by atoms with Crippen LogP contribution in [0.5, 0.6) is 0 Å². The highest BCUT2D eigenvalue weighted by molar-refractivity contribution is 8.93. The molecule has 2 nitrogen and oxygen atoms in total. The molecule has 0 bridgehead atoms. The molecule has 0 rings (SSSR count). The first kappa shape index (κ1) is 22.7. The van der Waals surface area contributed by atoms with Crippen molar-refractivity contribution in [1.82, 2.24) is 10.2 Å². The van der Waals surface area contributed by atoms with E-state index in [0.717, 1.165) is 0 Å². The lowest BCUT2D eigenvalue weighted by atomic mass is 10.1. The molecule has 3 heteroatoms. The van der Waals surface area contributed by atoms with Crippen LogP contribution < -0.4 is 5.32 Å². The van der Waals surface area contributed by atoms with E-state index in [1.54, 1.807) is 0 Å². The Bertz CT molecular complexity index is 163. The highest BCUT2D eigenvalue weighted by Crippen LogP contribution is 2.10. The molecule has 0 aromatic carbocycles. The van der Waals surface area contributed by atoms with Gasteiger partial charge in [-0.25, -0.2) is 0 Å². The van der Waals surface area contributed by atoms with E-state index in [9.17, 15) is 0 Å². The summed E-state index contributed by atoms with van der Waals surface area (Å²) >= 11 is 0. The lowest BCUT2D eigenvalue weighted by molar-refractivity contribution is 0.393. The number of nitrogens with zero attached hydrogens (tertiary/aromatic N) is 1. The van der Waals surface area contributed by atoms with Gasteiger partial charge in [-0.3, -0.25) is 0 Å². The highest BCUT2D eigenvalue weighted by Gasteiger charge is 1.93. The van der Waals surface area contributed by atoms with Crippen LogP contribution >= 0.6 is 17.0 Å². The Kier molecular flexibility index (Phi) is 22.0. The summed E-state index contributed by atoms with van der Waals surface area (Å²) in [7, 11) is 4.28. The van der Waals surface area contributed by atoms with Crippen molar-refractivity contribution in [3.05, 3.63) is 0 Å². The molecule has 0 atom stereocenters. The molecule has 124 valence electrons. The van der Waals surface area contributed by atoms with Crippen molar-refractivity contribution < 1.29 is 0 Å². The summed E-state index contributed by atoms with van der Waals surface area (Å²) < 4.78 is 0. The van der Waals surface area contributed by atoms with Crippen molar-refractivity contribution >= 4 is 17.0 Å². The van der Waals surface area contributed by atoms with Crippen LogP contribution in [-0.2, 0) is 0 Å². The Morgan fingerprint density at radius 3 is 1.60 bits per heavy atom. The monoisotopic (exact) mass is 350 g/mol. The lowest BCUT2D eigenvalue weighted by Gasteiger charge is -2.09. The number of hydrogen-bond donors (Lipinski definition) is 1. The molecule has 0 radical (unpaired) electrons. The minimum Gasteiger partial charge on any atom is -0.317 e. The second-order valence-electron chi connectivity index (χ2n) is 6.09. The third-order valence-electron chi connectivity index (χ3n) is 3.67. The second-order valence-corrected chi connectivity index (χ2v) is 6.09. The van der Waals surface area contributed by atoms with Gasteiger partial charge in [0.2, 0.25) is 0 Å². The topological polar surface area (TPSA) is 15.3 Å². The van der Waals surface area contributed by atoms with Gasteiger partial charge < -0.3 is 10.2 Å². The van der Waals surface area contributed by atoms with Crippen LogP contribution in [0.25, 0.3) is 0 Å². The number of nitrogens with one attached hydrogen (secondary N) is 1. The van der Waals surface area contributed by atoms with Gasteiger partial charge in [0.15, 0.2) is 0 Å². The third-order valence-corrected chi connectivity index (χ3v) is 3.67. The minimum absolute atomic E-state index is 0. The first-order valence-electron chi connectivity index (χ1n) is 8.62. The van der Waals surface area contributed by atoms with E-state index in [2.05, 4.69) is 31.2 Å². The maximum Gasteiger partial charge on any atom is -0.00127 e.